The number of nitrogens with one attached hydrogen (secondary N) is 2. The van der Waals surface area contributed by atoms with Crippen LogP contribution in [0.15, 0.2) is 34.4 Å². The van der Waals surface area contributed by atoms with E-state index in [9.17, 15) is 9.59 Å². The standard InChI is InChI=1S/C16H22N6O2/c1-21-9-7-17-13(15(21)23)19-11-3-5-12(6-4-11)20-14-16(24)22(2)10-8-18-14/h7-12H,3-6H2,1-2H3,(H,17,19)(H,18,20). The van der Waals surface area contributed by atoms with E-state index in [1.807, 2.05) is 0 Å². The normalized spacial score (nSPS) is 20.6. The summed E-state index contributed by atoms with van der Waals surface area (Å²) in [6, 6.07) is 0.439. The van der Waals surface area contributed by atoms with Gasteiger partial charge in [0.05, 0.1) is 0 Å². The summed E-state index contributed by atoms with van der Waals surface area (Å²) in [5, 5.41) is 6.48. The molecule has 24 heavy (non-hydrogen) atoms. The Morgan fingerprint density at radius 2 is 1.21 bits per heavy atom. The van der Waals surface area contributed by atoms with Gasteiger partial charge in [-0.05, 0) is 25.7 Å². The van der Waals surface area contributed by atoms with Gasteiger partial charge in [0.15, 0.2) is 11.6 Å². The Morgan fingerprint density at radius 1 is 0.833 bits per heavy atom. The van der Waals surface area contributed by atoms with E-state index in [1.165, 1.54) is 9.13 Å². The first kappa shape index (κ1) is 16.2. The molecule has 0 bridgehead atoms. The van der Waals surface area contributed by atoms with Gasteiger partial charge in [0.1, 0.15) is 0 Å². The van der Waals surface area contributed by atoms with Crippen molar-refractivity contribution < 1.29 is 0 Å². The van der Waals surface area contributed by atoms with Gasteiger partial charge in [-0.25, -0.2) is 9.97 Å². The molecule has 0 saturated heterocycles. The summed E-state index contributed by atoms with van der Waals surface area (Å²) >= 11 is 0. The number of hydrogen-bond acceptors (Lipinski definition) is 6. The lowest BCUT2D eigenvalue weighted by Crippen LogP contribution is -2.36. The van der Waals surface area contributed by atoms with Gasteiger partial charge in [0.2, 0.25) is 0 Å². The molecule has 3 rings (SSSR count). The van der Waals surface area contributed by atoms with Crippen LogP contribution >= 0.6 is 0 Å². The van der Waals surface area contributed by atoms with Crippen molar-refractivity contribution in [2.45, 2.75) is 37.8 Å². The first-order chi connectivity index (χ1) is 11.5. The topological polar surface area (TPSA) is 93.8 Å². The molecule has 2 aromatic heterocycles. The van der Waals surface area contributed by atoms with E-state index in [1.54, 1.807) is 38.9 Å². The summed E-state index contributed by atoms with van der Waals surface area (Å²) in [7, 11) is 3.42. The zero-order valence-electron chi connectivity index (χ0n) is 13.9. The van der Waals surface area contributed by atoms with Crippen LogP contribution in [0.25, 0.3) is 0 Å². The zero-order chi connectivity index (χ0) is 17.1. The minimum Gasteiger partial charge on any atom is -0.363 e. The van der Waals surface area contributed by atoms with Crippen molar-refractivity contribution in [1.29, 1.82) is 0 Å². The van der Waals surface area contributed by atoms with Gasteiger partial charge in [0, 0.05) is 51.0 Å². The van der Waals surface area contributed by atoms with E-state index >= 15 is 0 Å². The Morgan fingerprint density at radius 3 is 1.58 bits per heavy atom. The summed E-state index contributed by atoms with van der Waals surface area (Å²) in [5.74, 6) is 0.796. The number of anilines is 2. The molecule has 1 aliphatic rings. The van der Waals surface area contributed by atoms with Gasteiger partial charge in [-0.2, -0.15) is 0 Å². The number of aryl methyl sites for hydroxylation is 2. The molecule has 1 aliphatic carbocycles. The molecule has 0 spiro atoms. The molecule has 0 aromatic carbocycles. The van der Waals surface area contributed by atoms with Crippen LogP contribution in [0, 0.1) is 0 Å². The highest BCUT2D eigenvalue weighted by atomic mass is 16.1. The van der Waals surface area contributed by atoms with Crippen molar-refractivity contribution in [3.63, 3.8) is 0 Å². The van der Waals surface area contributed by atoms with Crippen LogP contribution in [0.1, 0.15) is 25.7 Å². The van der Waals surface area contributed by atoms with E-state index in [4.69, 9.17) is 0 Å². The minimum atomic E-state index is -0.116. The fourth-order valence-corrected chi connectivity index (χ4v) is 2.96. The lowest BCUT2D eigenvalue weighted by atomic mass is 9.91. The molecule has 0 unspecified atom stereocenters. The summed E-state index contributed by atoms with van der Waals surface area (Å²) in [5.41, 5.74) is -0.232. The smallest absolute Gasteiger partial charge is 0.293 e. The highest BCUT2D eigenvalue weighted by Gasteiger charge is 2.23. The van der Waals surface area contributed by atoms with Crippen molar-refractivity contribution in [3.05, 3.63) is 45.5 Å². The quantitative estimate of drug-likeness (QED) is 0.857. The highest BCUT2D eigenvalue weighted by Crippen LogP contribution is 2.22. The van der Waals surface area contributed by atoms with Gasteiger partial charge < -0.3 is 19.8 Å². The number of aromatic nitrogens is 4. The molecule has 2 heterocycles. The molecule has 0 amide bonds. The number of rotatable bonds is 4. The van der Waals surface area contributed by atoms with Crippen molar-refractivity contribution in [1.82, 2.24) is 19.1 Å². The van der Waals surface area contributed by atoms with Crippen LogP contribution in [-0.4, -0.2) is 31.2 Å². The van der Waals surface area contributed by atoms with Crippen molar-refractivity contribution >= 4 is 11.6 Å². The second-order valence-corrected chi connectivity index (χ2v) is 6.22. The van der Waals surface area contributed by atoms with Crippen LogP contribution in [0.4, 0.5) is 11.6 Å². The van der Waals surface area contributed by atoms with Crippen LogP contribution < -0.4 is 21.8 Å². The largest absolute Gasteiger partial charge is 0.363 e. The van der Waals surface area contributed by atoms with Crippen molar-refractivity contribution in [2.24, 2.45) is 14.1 Å². The Bertz CT molecular complexity index is 750. The first-order valence-electron chi connectivity index (χ1n) is 8.11. The van der Waals surface area contributed by atoms with Gasteiger partial charge in [-0.3, -0.25) is 9.59 Å². The zero-order valence-corrected chi connectivity index (χ0v) is 13.9. The maximum absolute atomic E-state index is 12.0. The number of nitrogens with zero attached hydrogens (tertiary/aromatic N) is 4. The Kier molecular flexibility index (Phi) is 4.64. The van der Waals surface area contributed by atoms with Gasteiger partial charge in [0.25, 0.3) is 11.1 Å². The molecule has 0 aliphatic heterocycles. The second kappa shape index (κ2) is 6.86. The number of hydrogen-bond donors (Lipinski definition) is 2. The van der Waals surface area contributed by atoms with Crippen LogP contribution in [0.2, 0.25) is 0 Å². The van der Waals surface area contributed by atoms with Crippen molar-refractivity contribution in [2.75, 3.05) is 10.6 Å². The first-order valence-corrected chi connectivity index (χ1v) is 8.11. The predicted molar refractivity (Wildman–Crippen MR) is 92.2 cm³/mol. The second-order valence-electron chi connectivity index (χ2n) is 6.22. The Hall–Kier alpha value is -2.64. The molecule has 0 atom stereocenters. The van der Waals surface area contributed by atoms with E-state index in [0.29, 0.717) is 11.6 Å². The molecule has 128 valence electrons. The van der Waals surface area contributed by atoms with Crippen LogP contribution in [0.5, 0.6) is 0 Å². The average molecular weight is 330 g/mol. The fourth-order valence-electron chi connectivity index (χ4n) is 2.96. The Balaban J connectivity index is 1.58. The molecule has 8 nitrogen and oxygen atoms in total. The van der Waals surface area contributed by atoms with Crippen LogP contribution in [-0.2, 0) is 14.1 Å². The van der Waals surface area contributed by atoms with Crippen LogP contribution in [0.3, 0.4) is 0 Å². The molecule has 2 N–H and O–H groups in total. The molecular weight excluding hydrogens is 308 g/mol. The van der Waals surface area contributed by atoms with Crippen molar-refractivity contribution in [3.8, 4) is 0 Å². The van der Waals surface area contributed by atoms with Gasteiger partial charge in [-0.1, -0.05) is 0 Å². The van der Waals surface area contributed by atoms with E-state index in [0.717, 1.165) is 25.7 Å². The fraction of sp³-hybridized carbons (Fsp3) is 0.500. The van der Waals surface area contributed by atoms with E-state index in [-0.39, 0.29) is 23.2 Å². The third kappa shape index (κ3) is 3.47. The maximum Gasteiger partial charge on any atom is 0.293 e. The Labute approximate surface area is 139 Å². The molecular formula is C16H22N6O2. The molecule has 1 fully saturated rings. The molecule has 2 aromatic rings. The monoisotopic (exact) mass is 330 g/mol. The molecule has 1 saturated carbocycles. The summed E-state index contributed by atoms with van der Waals surface area (Å²) in [6.07, 6.45) is 10.1. The average Bonchev–Trinajstić information content (AvgIpc) is 2.58. The van der Waals surface area contributed by atoms with Gasteiger partial charge >= 0.3 is 0 Å². The van der Waals surface area contributed by atoms with Gasteiger partial charge in [-0.15, -0.1) is 0 Å². The van der Waals surface area contributed by atoms with E-state index in [2.05, 4.69) is 20.6 Å². The SMILES string of the molecule is Cn1ccnc(NC2CCC(Nc3nccn(C)c3=O)CC2)c1=O. The lowest BCUT2D eigenvalue weighted by Gasteiger charge is -2.30. The highest BCUT2D eigenvalue weighted by molar-refractivity contribution is 5.34. The molecule has 0 radical (unpaired) electrons. The third-order valence-electron chi connectivity index (χ3n) is 4.44. The summed E-state index contributed by atoms with van der Waals surface area (Å²) < 4.78 is 3.03. The predicted octanol–water partition coefficient (Wildman–Crippen LogP) is 0.709. The third-order valence-corrected chi connectivity index (χ3v) is 4.44. The minimum absolute atomic E-state index is 0.116. The maximum atomic E-state index is 12.0. The van der Waals surface area contributed by atoms with E-state index < -0.39 is 0 Å². The molecule has 8 heteroatoms. The lowest BCUT2D eigenvalue weighted by molar-refractivity contribution is 0.426. The summed E-state index contributed by atoms with van der Waals surface area (Å²) in [4.78, 5) is 32.2. The summed E-state index contributed by atoms with van der Waals surface area (Å²) in [6.45, 7) is 0.